The van der Waals surface area contributed by atoms with Crippen LogP contribution in [-0.2, 0) is 6.54 Å². The minimum Gasteiger partial charge on any atom is -0.489 e. The van der Waals surface area contributed by atoms with Gasteiger partial charge in [-0.15, -0.1) is 0 Å². The van der Waals surface area contributed by atoms with Gasteiger partial charge in [0, 0.05) is 12.3 Å². The molecular weight excluding hydrogens is 316 g/mol. The molecule has 3 aromatic rings. The van der Waals surface area contributed by atoms with Crippen LogP contribution in [0.5, 0.6) is 5.75 Å². The Bertz CT molecular complexity index is 1000. The first-order valence-corrected chi connectivity index (χ1v) is 7.99. The van der Waals surface area contributed by atoms with Crippen LogP contribution in [0.3, 0.4) is 0 Å². The molecule has 0 aliphatic carbocycles. The van der Waals surface area contributed by atoms with Gasteiger partial charge in [0.1, 0.15) is 11.4 Å². The van der Waals surface area contributed by atoms with Gasteiger partial charge in [0.05, 0.1) is 35.7 Å². The monoisotopic (exact) mass is 334 g/mol. The number of pyridine rings is 1. The summed E-state index contributed by atoms with van der Waals surface area (Å²) in [6.45, 7) is 4.23. The number of benzene rings is 1. The molecule has 0 spiro atoms. The van der Waals surface area contributed by atoms with E-state index >= 15 is 0 Å². The molecule has 3 rings (SSSR count). The number of aromatic nitrogens is 2. The molecule has 0 atom stereocenters. The fourth-order valence-corrected chi connectivity index (χ4v) is 2.47. The number of hydrogen-bond donors (Lipinski definition) is 1. The molecule has 0 saturated carbocycles. The van der Waals surface area contributed by atoms with Gasteiger partial charge < -0.3 is 10.1 Å². The Morgan fingerprint density at radius 2 is 2.12 bits per heavy atom. The lowest BCUT2D eigenvalue weighted by molar-refractivity contribution is 0.243. The van der Waals surface area contributed by atoms with E-state index in [0.717, 1.165) is 0 Å². The molecule has 0 unspecified atom stereocenters. The third kappa shape index (κ3) is 3.78. The van der Waals surface area contributed by atoms with Gasteiger partial charge in [-0.2, -0.15) is 5.26 Å². The first-order valence-electron chi connectivity index (χ1n) is 7.99. The minimum atomic E-state index is -0.133. The summed E-state index contributed by atoms with van der Waals surface area (Å²) in [4.78, 5) is 16.6. The average Bonchev–Trinajstić information content (AvgIpc) is 2.60. The topological polar surface area (TPSA) is 79.4 Å². The third-order valence-electron chi connectivity index (χ3n) is 3.56. The van der Waals surface area contributed by atoms with Gasteiger partial charge in [0.2, 0.25) is 0 Å². The molecule has 0 aliphatic rings. The molecule has 0 aliphatic heterocycles. The fraction of sp³-hybridized carbons (Fsp3) is 0.211. The van der Waals surface area contributed by atoms with Crippen molar-refractivity contribution in [3.63, 3.8) is 0 Å². The summed E-state index contributed by atoms with van der Waals surface area (Å²) in [6, 6.07) is 14.2. The molecule has 25 heavy (non-hydrogen) atoms. The van der Waals surface area contributed by atoms with Crippen molar-refractivity contribution in [1.82, 2.24) is 9.38 Å². The SMILES string of the molecule is CC(C)Oc1ccc(C#N)cc1NCc1cc(=O)n2ccccc2n1. The van der Waals surface area contributed by atoms with Gasteiger partial charge in [0.15, 0.2) is 0 Å². The van der Waals surface area contributed by atoms with Crippen LogP contribution in [-0.4, -0.2) is 15.5 Å². The van der Waals surface area contributed by atoms with Crippen molar-refractivity contribution in [1.29, 1.82) is 5.26 Å². The smallest absolute Gasteiger partial charge is 0.258 e. The van der Waals surface area contributed by atoms with Crippen LogP contribution >= 0.6 is 0 Å². The highest BCUT2D eigenvalue weighted by molar-refractivity contribution is 5.60. The molecule has 0 bridgehead atoms. The summed E-state index contributed by atoms with van der Waals surface area (Å²) in [5.41, 5.74) is 2.31. The molecule has 1 aromatic carbocycles. The quantitative estimate of drug-likeness (QED) is 0.776. The van der Waals surface area contributed by atoms with Gasteiger partial charge >= 0.3 is 0 Å². The number of ether oxygens (including phenoxy) is 1. The normalized spacial score (nSPS) is 10.6. The number of nitrogens with one attached hydrogen (secondary N) is 1. The van der Waals surface area contributed by atoms with E-state index in [2.05, 4.69) is 16.4 Å². The van der Waals surface area contributed by atoms with Crippen LogP contribution in [0.25, 0.3) is 5.65 Å². The molecule has 6 heteroatoms. The Morgan fingerprint density at radius 3 is 2.88 bits per heavy atom. The van der Waals surface area contributed by atoms with Gasteiger partial charge in [-0.1, -0.05) is 6.07 Å². The summed E-state index contributed by atoms with van der Waals surface area (Å²) in [5.74, 6) is 0.659. The molecule has 0 amide bonds. The number of fused-ring (bicyclic) bond motifs is 1. The van der Waals surface area contributed by atoms with Crippen molar-refractivity contribution in [2.24, 2.45) is 0 Å². The first kappa shape index (κ1) is 16.5. The van der Waals surface area contributed by atoms with E-state index in [1.807, 2.05) is 19.9 Å². The van der Waals surface area contributed by atoms with Gasteiger partial charge in [0.25, 0.3) is 5.56 Å². The molecule has 0 fully saturated rings. The molecule has 126 valence electrons. The lowest BCUT2D eigenvalue weighted by Crippen LogP contribution is -2.16. The summed E-state index contributed by atoms with van der Waals surface area (Å²) >= 11 is 0. The maximum Gasteiger partial charge on any atom is 0.258 e. The molecular formula is C19H18N4O2. The standard InChI is InChI=1S/C19H18N4O2/c1-13(2)25-17-7-6-14(11-20)9-16(17)21-12-15-10-19(24)23-8-4-3-5-18(23)22-15/h3-10,13,21H,12H2,1-2H3. The zero-order valence-electron chi connectivity index (χ0n) is 14.1. The molecule has 0 radical (unpaired) electrons. The second-order valence-corrected chi connectivity index (χ2v) is 5.86. The molecule has 6 nitrogen and oxygen atoms in total. The second kappa shape index (κ2) is 7.05. The van der Waals surface area contributed by atoms with Crippen LogP contribution in [0.4, 0.5) is 5.69 Å². The largest absolute Gasteiger partial charge is 0.489 e. The van der Waals surface area contributed by atoms with E-state index in [1.54, 1.807) is 36.5 Å². The van der Waals surface area contributed by atoms with Gasteiger partial charge in [-0.25, -0.2) is 4.98 Å². The predicted octanol–water partition coefficient (Wildman–Crippen LogP) is 2.97. The Labute approximate surface area is 145 Å². The van der Waals surface area contributed by atoms with Crippen molar-refractivity contribution in [3.05, 3.63) is 70.3 Å². The lowest BCUT2D eigenvalue weighted by atomic mass is 10.2. The van der Waals surface area contributed by atoms with Crippen LogP contribution < -0.4 is 15.6 Å². The lowest BCUT2D eigenvalue weighted by Gasteiger charge is -2.16. The highest BCUT2D eigenvalue weighted by atomic mass is 16.5. The van der Waals surface area contributed by atoms with Crippen molar-refractivity contribution >= 4 is 11.3 Å². The molecule has 2 heterocycles. The molecule has 1 N–H and O–H groups in total. The van der Waals surface area contributed by atoms with Crippen LogP contribution in [0.2, 0.25) is 0 Å². The van der Waals surface area contributed by atoms with Crippen LogP contribution in [0.15, 0.2) is 53.5 Å². The summed E-state index contributed by atoms with van der Waals surface area (Å²) in [6.07, 6.45) is 1.70. The highest BCUT2D eigenvalue weighted by Gasteiger charge is 2.08. The van der Waals surface area contributed by atoms with Crippen molar-refractivity contribution in [2.75, 3.05) is 5.32 Å². The zero-order chi connectivity index (χ0) is 17.8. The number of hydrogen-bond acceptors (Lipinski definition) is 5. The fourth-order valence-electron chi connectivity index (χ4n) is 2.47. The highest BCUT2D eigenvalue weighted by Crippen LogP contribution is 2.27. The van der Waals surface area contributed by atoms with E-state index < -0.39 is 0 Å². The third-order valence-corrected chi connectivity index (χ3v) is 3.56. The van der Waals surface area contributed by atoms with Crippen LogP contribution in [0.1, 0.15) is 25.1 Å². The maximum atomic E-state index is 12.2. The minimum absolute atomic E-state index is 0.0110. The Hall–Kier alpha value is -3.33. The van der Waals surface area contributed by atoms with Crippen molar-refractivity contribution in [2.45, 2.75) is 26.5 Å². The molecule has 0 saturated heterocycles. The van der Waals surface area contributed by atoms with Crippen molar-refractivity contribution in [3.8, 4) is 11.8 Å². The van der Waals surface area contributed by atoms with E-state index in [-0.39, 0.29) is 11.7 Å². The van der Waals surface area contributed by atoms with Gasteiger partial charge in [-0.05, 0) is 44.2 Å². The van der Waals surface area contributed by atoms with E-state index in [0.29, 0.717) is 34.9 Å². The zero-order valence-corrected chi connectivity index (χ0v) is 14.1. The number of nitrogens with zero attached hydrogens (tertiary/aromatic N) is 3. The number of rotatable bonds is 5. The number of nitriles is 1. The summed E-state index contributed by atoms with van der Waals surface area (Å²) < 4.78 is 7.26. The Kier molecular flexibility index (Phi) is 4.66. The van der Waals surface area contributed by atoms with Crippen LogP contribution in [0, 0.1) is 11.3 Å². The molecule has 2 aromatic heterocycles. The summed E-state index contributed by atoms with van der Waals surface area (Å²) in [5, 5.41) is 12.3. The van der Waals surface area contributed by atoms with E-state index in [4.69, 9.17) is 10.00 Å². The van der Waals surface area contributed by atoms with Crippen molar-refractivity contribution < 1.29 is 4.74 Å². The summed E-state index contributed by atoms with van der Waals surface area (Å²) in [7, 11) is 0. The maximum absolute atomic E-state index is 12.2. The van der Waals surface area contributed by atoms with E-state index in [9.17, 15) is 4.79 Å². The average molecular weight is 334 g/mol. The van der Waals surface area contributed by atoms with E-state index in [1.165, 1.54) is 10.5 Å². The van der Waals surface area contributed by atoms with Gasteiger partial charge in [-0.3, -0.25) is 9.20 Å². The predicted molar refractivity (Wildman–Crippen MR) is 95.7 cm³/mol. The Balaban J connectivity index is 1.88. The first-order chi connectivity index (χ1) is 12.1. The number of anilines is 1. The Morgan fingerprint density at radius 1 is 1.28 bits per heavy atom. The second-order valence-electron chi connectivity index (χ2n) is 5.86.